The third-order valence-corrected chi connectivity index (χ3v) is 3.46. The van der Waals surface area contributed by atoms with Gasteiger partial charge in [0.05, 0.1) is 13.2 Å². The van der Waals surface area contributed by atoms with Gasteiger partial charge in [0, 0.05) is 24.4 Å². The van der Waals surface area contributed by atoms with Crippen LogP contribution in [0, 0.1) is 0 Å². The van der Waals surface area contributed by atoms with E-state index in [0.717, 1.165) is 6.54 Å². The zero-order valence-corrected chi connectivity index (χ0v) is 11.7. The van der Waals surface area contributed by atoms with Crippen molar-refractivity contribution in [1.29, 1.82) is 0 Å². The Morgan fingerprint density at radius 2 is 2.12 bits per heavy atom. The summed E-state index contributed by atoms with van der Waals surface area (Å²) in [4.78, 5) is 11.5. The molecule has 1 atom stereocenters. The Bertz CT molecular complexity index is 210. The minimum Gasteiger partial charge on any atom is -0.383 e. The first kappa shape index (κ1) is 15.7. The minimum atomic E-state index is 0.0152. The van der Waals surface area contributed by atoms with Gasteiger partial charge in [-0.3, -0.25) is 4.79 Å². The molecule has 5 heteroatoms. The van der Waals surface area contributed by atoms with Crippen LogP contribution in [0.1, 0.15) is 20.8 Å². The van der Waals surface area contributed by atoms with Gasteiger partial charge in [0.25, 0.3) is 0 Å². The molecule has 0 aliphatic heterocycles. The largest absolute Gasteiger partial charge is 0.383 e. The molecule has 0 aromatic rings. The van der Waals surface area contributed by atoms with E-state index in [4.69, 9.17) is 4.74 Å². The molecule has 2 N–H and O–H groups in total. The lowest BCUT2D eigenvalue weighted by Gasteiger charge is -2.22. The van der Waals surface area contributed by atoms with Crippen molar-refractivity contribution < 1.29 is 9.53 Å². The lowest BCUT2D eigenvalue weighted by Crippen LogP contribution is -2.43. The van der Waals surface area contributed by atoms with E-state index in [1.165, 1.54) is 0 Å². The highest BCUT2D eigenvalue weighted by atomic mass is 32.2. The van der Waals surface area contributed by atoms with Crippen LogP contribution in [0.25, 0.3) is 0 Å². The van der Waals surface area contributed by atoms with Gasteiger partial charge in [0.15, 0.2) is 0 Å². The SMILES string of the molecule is COCC(C)NC(=O)CNCC(C)(C)SC. The number of amides is 1. The highest BCUT2D eigenvalue weighted by Crippen LogP contribution is 2.19. The molecule has 96 valence electrons. The summed E-state index contributed by atoms with van der Waals surface area (Å²) in [5.74, 6) is 0.0152. The molecular weight excluding hydrogens is 224 g/mol. The molecule has 0 saturated carbocycles. The third-order valence-electron chi connectivity index (χ3n) is 2.21. The normalized spacial score (nSPS) is 13.6. The van der Waals surface area contributed by atoms with Gasteiger partial charge in [-0.2, -0.15) is 11.8 Å². The number of carbonyl (C=O) groups excluding carboxylic acids is 1. The average Bonchev–Trinajstić information content (AvgIpc) is 2.17. The van der Waals surface area contributed by atoms with E-state index in [-0.39, 0.29) is 16.7 Å². The zero-order valence-electron chi connectivity index (χ0n) is 10.9. The maximum Gasteiger partial charge on any atom is 0.234 e. The Labute approximate surface area is 103 Å². The molecule has 0 aliphatic rings. The number of thioether (sulfide) groups is 1. The Kier molecular flexibility index (Phi) is 7.80. The molecule has 0 bridgehead atoms. The van der Waals surface area contributed by atoms with Crippen LogP contribution in [0.15, 0.2) is 0 Å². The summed E-state index contributed by atoms with van der Waals surface area (Å²) >= 11 is 1.79. The van der Waals surface area contributed by atoms with E-state index >= 15 is 0 Å². The van der Waals surface area contributed by atoms with Crippen molar-refractivity contribution in [3.05, 3.63) is 0 Å². The molecule has 0 aliphatic carbocycles. The molecule has 0 radical (unpaired) electrons. The summed E-state index contributed by atoms with van der Waals surface area (Å²) in [6.45, 7) is 7.94. The van der Waals surface area contributed by atoms with Crippen LogP contribution < -0.4 is 10.6 Å². The molecule has 1 amide bonds. The lowest BCUT2D eigenvalue weighted by atomic mass is 10.2. The van der Waals surface area contributed by atoms with E-state index < -0.39 is 0 Å². The summed E-state index contributed by atoms with van der Waals surface area (Å²) in [5, 5.41) is 6.00. The monoisotopic (exact) mass is 248 g/mol. The van der Waals surface area contributed by atoms with Crippen molar-refractivity contribution in [3.63, 3.8) is 0 Å². The predicted octanol–water partition coefficient (Wildman–Crippen LogP) is 0.869. The van der Waals surface area contributed by atoms with Crippen molar-refractivity contribution in [2.75, 3.05) is 33.1 Å². The van der Waals surface area contributed by atoms with E-state index in [9.17, 15) is 4.79 Å². The number of carbonyl (C=O) groups is 1. The molecule has 0 saturated heterocycles. The van der Waals surface area contributed by atoms with Gasteiger partial charge in [0.2, 0.25) is 5.91 Å². The first-order valence-corrected chi connectivity index (χ1v) is 6.68. The van der Waals surface area contributed by atoms with Crippen molar-refractivity contribution >= 4 is 17.7 Å². The molecule has 4 nitrogen and oxygen atoms in total. The van der Waals surface area contributed by atoms with Gasteiger partial charge in [-0.25, -0.2) is 0 Å². The van der Waals surface area contributed by atoms with Crippen LogP contribution in [0.2, 0.25) is 0 Å². The Morgan fingerprint density at radius 1 is 1.50 bits per heavy atom. The van der Waals surface area contributed by atoms with Crippen LogP contribution in [0.3, 0.4) is 0 Å². The number of rotatable bonds is 8. The molecule has 1 unspecified atom stereocenters. The molecule has 0 heterocycles. The van der Waals surface area contributed by atoms with Gasteiger partial charge in [-0.05, 0) is 27.0 Å². The quantitative estimate of drug-likeness (QED) is 0.669. The van der Waals surface area contributed by atoms with E-state index in [1.807, 2.05) is 6.92 Å². The Hall–Kier alpha value is -0.260. The molecule has 0 fully saturated rings. The highest BCUT2D eigenvalue weighted by Gasteiger charge is 2.15. The van der Waals surface area contributed by atoms with Crippen LogP contribution in [-0.2, 0) is 9.53 Å². The number of nitrogens with one attached hydrogen (secondary N) is 2. The van der Waals surface area contributed by atoms with Crippen LogP contribution in [0.5, 0.6) is 0 Å². The average molecular weight is 248 g/mol. The first-order chi connectivity index (χ1) is 7.41. The van der Waals surface area contributed by atoms with Gasteiger partial charge in [-0.15, -0.1) is 0 Å². The smallest absolute Gasteiger partial charge is 0.234 e. The maximum atomic E-state index is 11.5. The van der Waals surface area contributed by atoms with Gasteiger partial charge in [-0.1, -0.05) is 0 Å². The fourth-order valence-corrected chi connectivity index (χ4v) is 1.41. The molecule has 0 rings (SSSR count). The van der Waals surface area contributed by atoms with Gasteiger partial charge < -0.3 is 15.4 Å². The predicted molar refractivity (Wildman–Crippen MR) is 69.9 cm³/mol. The van der Waals surface area contributed by atoms with Crippen LogP contribution in [0.4, 0.5) is 0 Å². The van der Waals surface area contributed by atoms with Crippen molar-refractivity contribution in [2.45, 2.75) is 31.6 Å². The molecule has 16 heavy (non-hydrogen) atoms. The second-order valence-corrected chi connectivity index (χ2v) is 6.00. The van der Waals surface area contributed by atoms with E-state index in [0.29, 0.717) is 13.2 Å². The number of methoxy groups -OCH3 is 1. The molecular formula is C11H24N2O2S. The minimum absolute atomic E-state index is 0.0152. The summed E-state index contributed by atoms with van der Waals surface area (Å²) in [5.41, 5.74) is 0. The van der Waals surface area contributed by atoms with Crippen molar-refractivity contribution in [2.24, 2.45) is 0 Å². The third kappa shape index (κ3) is 7.96. The lowest BCUT2D eigenvalue weighted by molar-refractivity contribution is -0.121. The van der Waals surface area contributed by atoms with Gasteiger partial charge in [0.1, 0.15) is 0 Å². The maximum absolute atomic E-state index is 11.5. The van der Waals surface area contributed by atoms with Gasteiger partial charge >= 0.3 is 0 Å². The van der Waals surface area contributed by atoms with Crippen molar-refractivity contribution in [1.82, 2.24) is 10.6 Å². The fraction of sp³-hybridized carbons (Fsp3) is 0.909. The molecule has 0 spiro atoms. The summed E-state index contributed by atoms with van der Waals surface area (Å²) < 4.78 is 5.11. The van der Waals surface area contributed by atoms with E-state index in [2.05, 4.69) is 30.7 Å². The first-order valence-electron chi connectivity index (χ1n) is 5.45. The Morgan fingerprint density at radius 3 is 2.62 bits per heavy atom. The number of hydrogen-bond acceptors (Lipinski definition) is 4. The topological polar surface area (TPSA) is 50.4 Å². The highest BCUT2D eigenvalue weighted by molar-refractivity contribution is 7.99. The standard InChI is InChI=1S/C11H24N2O2S/c1-9(7-15-4)13-10(14)6-12-8-11(2,3)16-5/h9,12H,6-8H2,1-5H3,(H,13,14). The molecule has 0 aromatic heterocycles. The zero-order chi connectivity index (χ0) is 12.6. The second-order valence-electron chi connectivity index (χ2n) is 4.49. The fourth-order valence-electron chi connectivity index (χ4n) is 1.17. The Balaban J connectivity index is 3.66. The second kappa shape index (κ2) is 7.92. The number of hydrogen-bond donors (Lipinski definition) is 2. The van der Waals surface area contributed by atoms with Crippen LogP contribution >= 0.6 is 11.8 Å². The summed E-state index contributed by atoms with van der Waals surface area (Å²) in [6, 6.07) is 0.0628. The van der Waals surface area contributed by atoms with Crippen molar-refractivity contribution in [3.8, 4) is 0 Å². The summed E-state index contributed by atoms with van der Waals surface area (Å²) in [7, 11) is 1.63. The summed E-state index contributed by atoms with van der Waals surface area (Å²) in [6.07, 6.45) is 2.07. The molecule has 0 aromatic carbocycles. The van der Waals surface area contributed by atoms with E-state index in [1.54, 1.807) is 18.9 Å². The number of ether oxygens (including phenoxy) is 1. The van der Waals surface area contributed by atoms with Crippen LogP contribution in [-0.4, -0.2) is 49.8 Å².